The zero-order valence-electron chi connectivity index (χ0n) is 11.4. The van der Waals surface area contributed by atoms with Crippen molar-refractivity contribution in [2.75, 3.05) is 13.7 Å². The Morgan fingerprint density at radius 1 is 1.53 bits per heavy atom. The number of carbonyl (C=O) groups excluding carboxylic acids is 1. The number of aryl methyl sites for hydroxylation is 1. The van der Waals surface area contributed by atoms with Crippen LogP contribution in [0.5, 0.6) is 0 Å². The number of ether oxygens (including phenoxy) is 1. The average molecular weight is 262 g/mol. The van der Waals surface area contributed by atoms with E-state index in [2.05, 4.69) is 29.6 Å². The maximum absolute atomic E-state index is 11.1. The molecule has 0 saturated carbocycles. The molecule has 0 heterocycles. The fourth-order valence-corrected chi connectivity index (χ4v) is 2.64. The Morgan fingerprint density at radius 3 is 3.05 bits per heavy atom. The minimum absolute atomic E-state index is 0.162. The Balaban J connectivity index is 1.89. The maximum Gasteiger partial charge on any atom is 0.234 e. The number of rotatable bonds is 6. The molecular formula is C15H22N2O2. The molecule has 2 unspecified atom stereocenters. The molecule has 1 aliphatic rings. The van der Waals surface area contributed by atoms with Crippen LogP contribution in [0.3, 0.4) is 0 Å². The van der Waals surface area contributed by atoms with Crippen molar-refractivity contribution in [1.82, 2.24) is 5.32 Å². The molecule has 2 rings (SSSR count). The Bertz CT molecular complexity index is 434. The van der Waals surface area contributed by atoms with E-state index in [9.17, 15) is 4.79 Å². The highest BCUT2D eigenvalue weighted by Gasteiger charge is 2.21. The van der Waals surface area contributed by atoms with Gasteiger partial charge in [-0.2, -0.15) is 0 Å². The predicted octanol–water partition coefficient (Wildman–Crippen LogP) is 1.54. The molecular weight excluding hydrogens is 240 g/mol. The molecule has 0 spiro atoms. The van der Waals surface area contributed by atoms with Crippen LogP contribution < -0.4 is 11.1 Å². The molecule has 0 radical (unpaired) electrons. The van der Waals surface area contributed by atoms with E-state index >= 15 is 0 Å². The molecule has 3 N–H and O–H groups in total. The highest BCUT2D eigenvalue weighted by atomic mass is 16.5. The molecule has 104 valence electrons. The molecule has 2 atom stereocenters. The van der Waals surface area contributed by atoms with Gasteiger partial charge in [0, 0.05) is 6.61 Å². The smallest absolute Gasteiger partial charge is 0.234 e. The van der Waals surface area contributed by atoms with Crippen LogP contribution >= 0.6 is 0 Å². The summed E-state index contributed by atoms with van der Waals surface area (Å²) in [6.07, 6.45) is 4.13. The number of amides is 1. The summed E-state index contributed by atoms with van der Waals surface area (Å²) in [5, 5.41) is 2.90. The van der Waals surface area contributed by atoms with Crippen molar-refractivity contribution in [2.24, 2.45) is 5.73 Å². The van der Waals surface area contributed by atoms with Crippen LogP contribution in [0, 0.1) is 0 Å². The van der Waals surface area contributed by atoms with Crippen molar-refractivity contribution in [3.63, 3.8) is 0 Å². The molecule has 4 nitrogen and oxygen atoms in total. The number of fused-ring (bicyclic) bond motifs is 1. The van der Waals surface area contributed by atoms with Crippen LogP contribution in [-0.2, 0) is 16.0 Å². The summed E-state index contributed by atoms with van der Waals surface area (Å²) in [5.41, 5.74) is 7.97. The number of hydrogen-bond acceptors (Lipinski definition) is 3. The van der Waals surface area contributed by atoms with Gasteiger partial charge in [0.15, 0.2) is 0 Å². The van der Waals surface area contributed by atoms with Crippen LogP contribution in [0.25, 0.3) is 0 Å². The number of benzene rings is 1. The lowest BCUT2D eigenvalue weighted by atomic mass is 9.89. The summed E-state index contributed by atoms with van der Waals surface area (Å²) < 4.78 is 5.94. The van der Waals surface area contributed by atoms with Crippen LogP contribution in [-0.4, -0.2) is 25.6 Å². The second-order valence-electron chi connectivity index (χ2n) is 4.98. The summed E-state index contributed by atoms with van der Waals surface area (Å²) in [7, 11) is 1.74. The van der Waals surface area contributed by atoms with E-state index in [1.807, 2.05) is 0 Å². The van der Waals surface area contributed by atoms with Crippen LogP contribution in [0.2, 0.25) is 0 Å². The Morgan fingerprint density at radius 2 is 2.32 bits per heavy atom. The molecule has 1 aromatic carbocycles. The van der Waals surface area contributed by atoms with Gasteiger partial charge in [0.1, 0.15) is 0 Å². The van der Waals surface area contributed by atoms with Crippen LogP contribution in [0.4, 0.5) is 0 Å². The van der Waals surface area contributed by atoms with Gasteiger partial charge in [-0.3, -0.25) is 4.79 Å². The van der Waals surface area contributed by atoms with Gasteiger partial charge in [0.2, 0.25) is 5.91 Å². The van der Waals surface area contributed by atoms with Crippen molar-refractivity contribution >= 4 is 5.91 Å². The van der Waals surface area contributed by atoms with Gasteiger partial charge < -0.3 is 15.8 Å². The number of likely N-dealkylation sites (N-methyl/N-ethyl adjacent to an activating group) is 1. The first-order valence-electron chi connectivity index (χ1n) is 6.88. The molecule has 1 aromatic rings. The van der Waals surface area contributed by atoms with Crippen LogP contribution in [0.1, 0.15) is 36.5 Å². The van der Waals surface area contributed by atoms with Crippen molar-refractivity contribution in [3.8, 4) is 0 Å². The number of nitrogens with one attached hydrogen (secondary N) is 1. The van der Waals surface area contributed by atoms with E-state index in [-0.39, 0.29) is 18.1 Å². The van der Waals surface area contributed by atoms with Gasteiger partial charge in [-0.25, -0.2) is 0 Å². The summed E-state index contributed by atoms with van der Waals surface area (Å²) in [5.74, 6) is -0.324. The molecule has 0 bridgehead atoms. The first-order valence-corrected chi connectivity index (χ1v) is 6.88. The fourth-order valence-electron chi connectivity index (χ4n) is 2.64. The quantitative estimate of drug-likeness (QED) is 0.817. The largest absolute Gasteiger partial charge is 0.373 e. The van der Waals surface area contributed by atoms with Crippen molar-refractivity contribution < 1.29 is 9.53 Å². The number of primary amides is 1. The SMILES string of the molecule is CNC(CCOC1CCCc2ccccc21)C(N)=O. The van der Waals surface area contributed by atoms with E-state index in [1.54, 1.807) is 7.05 Å². The van der Waals surface area contributed by atoms with E-state index in [0.29, 0.717) is 13.0 Å². The monoisotopic (exact) mass is 262 g/mol. The second-order valence-corrected chi connectivity index (χ2v) is 4.98. The minimum atomic E-state index is -0.324. The molecule has 1 aliphatic carbocycles. The Labute approximate surface area is 114 Å². The highest BCUT2D eigenvalue weighted by molar-refractivity contribution is 5.79. The molecule has 0 aromatic heterocycles. The number of carbonyl (C=O) groups is 1. The van der Waals surface area contributed by atoms with Gasteiger partial charge in [0.25, 0.3) is 0 Å². The number of hydrogen-bond donors (Lipinski definition) is 2. The number of nitrogens with two attached hydrogens (primary N) is 1. The Hall–Kier alpha value is -1.39. The summed E-state index contributed by atoms with van der Waals surface area (Å²) in [6.45, 7) is 0.549. The first-order chi connectivity index (χ1) is 9.22. The predicted molar refractivity (Wildman–Crippen MR) is 74.7 cm³/mol. The lowest BCUT2D eigenvalue weighted by Gasteiger charge is -2.26. The zero-order chi connectivity index (χ0) is 13.7. The summed E-state index contributed by atoms with van der Waals surface area (Å²) in [4.78, 5) is 11.1. The van der Waals surface area contributed by atoms with Crippen molar-refractivity contribution in [2.45, 2.75) is 37.8 Å². The molecule has 4 heteroatoms. The lowest BCUT2D eigenvalue weighted by molar-refractivity contribution is -0.120. The first kappa shape index (κ1) is 14.0. The molecule has 0 aliphatic heterocycles. The van der Waals surface area contributed by atoms with Crippen molar-refractivity contribution in [1.29, 1.82) is 0 Å². The minimum Gasteiger partial charge on any atom is -0.373 e. The van der Waals surface area contributed by atoms with Gasteiger partial charge in [-0.15, -0.1) is 0 Å². The third kappa shape index (κ3) is 3.55. The summed E-state index contributed by atoms with van der Waals surface area (Å²) >= 11 is 0. The maximum atomic E-state index is 11.1. The third-order valence-electron chi connectivity index (χ3n) is 3.73. The van der Waals surface area contributed by atoms with Gasteiger partial charge in [-0.05, 0) is 43.9 Å². The molecule has 1 amide bonds. The molecule has 0 fully saturated rings. The summed E-state index contributed by atoms with van der Waals surface area (Å²) in [6, 6.07) is 8.14. The zero-order valence-corrected chi connectivity index (χ0v) is 11.4. The van der Waals surface area contributed by atoms with Crippen LogP contribution in [0.15, 0.2) is 24.3 Å². The van der Waals surface area contributed by atoms with Gasteiger partial charge in [-0.1, -0.05) is 24.3 Å². The van der Waals surface area contributed by atoms with Crippen molar-refractivity contribution in [3.05, 3.63) is 35.4 Å². The van der Waals surface area contributed by atoms with E-state index in [4.69, 9.17) is 10.5 Å². The standard InChI is InChI=1S/C15H22N2O2/c1-17-13(15(16)18)9-10-19-14-8-4-6-11-5-2-3-7-12(11)14/h2-3,5,7,13-14,17H,4,6,8-10H2,1H3,(H2,16,18). The fraction of sp³-hybridized carbons (Fsp3) is 0.533. The molecule has 0 saturated heterocycles. The van der Waals surface area contributed by atoms with E-state index < -0.39 is 0 Å². The van der Waals surface area contributed by atoms with Gasteiger partial charge >= 0.3 is 0 Å². The van der Waals surface area contributed by atoms with E-state index in [1.165, 1.54) is 11.1 Å². The average Bonchev–Trinajstić information content (AvgIpc) is 2.43. The highest BCUT2D eigenvalue weighted by Crippen LogP contribution is 2.32. The second kappa shape index (κ2) is 6.68. The Kier molecular flexibility index (Phi) is 4.93. The van der Waals surface area contributed by atoms with E-state index in [0.717, 1.165) is 19.3 Å². The third-order valence-corrected chi connectivity index (χ3v) is 3.73. The van der Waals surface area contributed by atoms with Gasteiger partial charge in [0.05, 0.1) is 12.1 Å². The lowest BCUT2D eigenvalue weighted by Crippen LogP contribution is -2.40. The normalized spacial score (nSPS) is 19.7. The topological polar surface area (TPSA) is 64.3 Å². The molecule has 19 heavy (non-hydrogen) atoms.